The summed E-state index contributed by atoms with van der Waals surface area (Å²) in [4.78, 5) is 19.0. The van der Waals surface area contributed by atoms with Gasteiger partial charge in [-0.3, -0.25) is 18.2 Å². The van der Waals surface area contributed by atoms with Crippen LogP contribution in [0.3, 0.4) is 0 Å². The number of benzene rings is 4. The van der Waals surface area contributed by atoms with Crippen molar-refractivity contribution in [1.29, 1.82) is 0 Å². The zero-order chi connectivity index (χ0) is 49.9. The standard InChI is InChI=1S/C32H29Cl2N15O15S4/c33-27-40-29(36-5-7-50)44-31(42-27)38-14-1-3-18(65(53,54)55)16(11-14)46-48-24-20(67(59,60)61)9-13-10-21(68(62,63)64)25(26(52)22(13)23(24)35)49-47-17-12-15(2-4-19(17)66(56,57)58)39-32-43-28(34)41-30(45-32)37-6-8-51/h1-4,9-12,50-52H,5-8,35H2,(H,53,54,55)(H,56,57,58)(H,59,60,61)(H,62,63,64)(H2,36,38,40,42,44)(H2,37,39,41,43,45). The van der Waals surface area contributed by atoms with Crippen LogP contribution in [0.1, 0.15) is 0 Å². The molecule has 0 saturated carbocycles. The van der Waals surface area contributed by atoms with Gasteiger partial charge in [0.2, 0.25) is 34.4 Å². The van der Waals surface area contributed by atoms with Gasteiger partial charge in [-0.25, -0.2) is 0 Å². The maximum absolute atomic E-state index is 12.7. The number of fused-ring (bicyclic) bond motifs is 1. The fraction of sp³-hybridized carbons (Fsp3) is 0.125. The molecule has 0 aliphatic carbocycles. The van der Waals surface area contributed by atoms with Crippen molar-refractivity contribution < 1.29 is 67.2 Å². The summed E-state index contributed by atoms with van der Waals surface area (Å²) in [6.45, 7) is -0.586. The third-order valence-corrected chi connectivity index (χ3v) is 12.3. The number of nitrogens with zero attached hydrogens (tertiary/aromatic N) is 10. The Morgan fingerprint density at radius 1 is 0.529 bits per heavy atom. The average Bonchev–Trinajstić information content (AvgIpc) is 3.22. The van der Waals surface area contributed by atoms with Gasteiger partial charge in [-0.05, 0) is 77.1 Å². The molecule has 2 heterocycles. The molecule has 13 N–H and O–H groups in total. The van der Waals surface area contributed by atoms with Gasteiger partial charge in [0.05, 0.1) is 24.3 Å². The number of nitrogens with one attached hydrogen (secondary N) is 4. The first-order valence-electron chi connectivity index (χ1n) is 18.0. The number of anilines is 7. The molecule has 0 unspecified atom stereocenters. The van der Waals surface area contributed by atoms with Crippen molar-refractivity contribution in [1.82, 2.24) is 29.9 Å². The van der Waals surface area contributed by atoms with Crippen molar-refractivity contribution >= 4 is 138 Å². The summed E-state index contributed by atoms with van der Waals surface area (Å²) in [6.07, 6.45) is 0. The van der Waals surface area contributed by atoms with E-state index in [0.717, 1.165) is 36.4 Å². The number of phenolic OH excluding ortho intramolecular Hbond substituents is 1. The molecule has 6 aromatic rings. The van der Waals surface area contributed by atoms with Gasteiger partial charge >= 0.3 is 0 Å². The number of aromatic nitrogens is 6. The van der Waals surface area contributed by atoms with Crippen LogP contribution in [-0.4, -0.2) is 123 Å². The molecule has 68 heavy (non-hydrogen) atoms. The van der Waals surface area contributed by atoms with Crippen molar-refractivity contribution in [3.63, 3.8) is 0 Å². The molecule has 0 saturated heterocycles. The van der Waals surface area contributed by atoms with Gasteiger partial charge in [0.25, 0.3) is 40.5 Å². The number of aliphatic hydroxyl groups excluding tert-OH is 2. The second-order valence-electron chi connectivity index (χ2n) is 13.0. The van der Waals surface area contributed by atoms with E-state index in [-0.39, 0.29) is 72.0 Å². The number of aromatic hydroxyl groups is 1. The zero-order valence-corrected chi connectivity index (χ0v) is 38.1. The van der Waals surface area contributed by atoms with E-state index >= 15 is 0 Å². The molecule has 360 valence electrons. The van der Waals surface area contributed by atoms with E-state index in [1.165, 1.54) is 0 Å². The number of halogens is 2. The Kier molecular flexibility index (Phi) is 14.8. The lowest BCUT2D eigenvalue weighted by atomic mass is 10.1. The maximum atomic E-state index is 12.7. The third-order valence-electron chi connectivity index (χ3n) is 8.38. The number of nitrogen functional groups attached to an aromatic ring is 1. The topological polar surface area (TPSA) is 479 Å². The van der Waals surface area contributed by atoms with E-state index in [1.54, 1.807) is 0 Å². The minimum absolute atomic E-state index is 0.0123. The number of azo groups is 2. The summed E-state index contributed by atoms with van der Waals surface area (Å²) in [5.41, 5.74) is 1.49. The van der Waals surface area contributed by atoms with Gasteiger partial charge in [0, 0.05) is 24.5 Å². The SMILES string of the molecule is Nc1c(N=Nc2cc(Nc3nc(Cl)nc(NCCO)n3)ccc2S(=O)(=O)O)c(S(=O)(=O)O)cc2cc(S(=O)(=O)O)c(N=Nc3cc(Nc4nc(Cl)nc(NCCO)n4)ccc3S(=O)(=O)O)c(O)c12. The fourth-order valence-corrected chi connectivity index (χ4v) is 8.52. The van der Waals surface area contributed by atoms with Crippen LogP contribution in [0.25, 0.3) is 10.8 Å². The van der Waals surface area contributed by atoms with Crippen LogP contribution in [0.15, 0.2) is 88.6 Å². The smallest absolute Gasteiger partial charge is 0.296 e. The van der Waals surface area contributed by atoms with Crippen molar-refractivity contribution in [2.75, 3.05) is 53.3 Å². The largest absolute Gasteiger partial charge is 0.505 e. The molecule has 0 fully saturated rings. The van der Waals surface area contributed by atoms with E-state index in [4.69, 9.17) is 39.1 Å². The van der Waals surface area contributed by atoms with Crippen LogP contribution in [-0.2, 0) is 40.5 Å². The number of hydrogen-bond donors (Lipinski definition) is 12. The molecule has 2 aromatic heterocycles. The third kappa shape index (κ3) is 12.1. The highest BCUT2D eigenvalue weighted by Crippen LogP contribution is 2.49. The van der Waals surface area contributed by atoms with Gasteiger partial charge in [-0.2, -0.15) is 63.6 Å². The second kappa shape index (κ2) is 19.9. The van der Waals surface area contributed by atoms with Crippen molar-refractivity contribution in [2.24, 2.45) is 20.5 Å². The van der Waals surface area contributed by atoms with E-state index in [1.807, 2.05) is 0 Å². The number of hydrogen-bond acceptors (Lipinski definition) is 26. The zero-order valence-electron chi connectivity index (χ0n) is 33.3. The van der Waals surface area contributed by atoms with Crippen molar-refractivity contribution in [2.45, 2.75) is 19.6 Å². The van der Waals surface area contributed by atoms with Crippen LogP contribution in [0.2, 0.25) is 10.6 Å². The van der Waals surface area contributed by atoms with Crippen LogP contribution in [0.5, 0.6) is 5.75 Å². The molecule has 0 aliphatic rings. The summed E-state index contributed by atoms with van der Waals surface area (Å²) in [6, 6.07) is 6.71. The second-order valence-corrected chi connectivity index (χ2v) is 19.3. The molecule has 30 nitrogen and oxygen atoms in total. The number of aliphatic hydroxyl groups is 2. The minimum atomic E-state index is -5.49. The predicted molar refractivity (Wildman–Crippen MR) is 238 cm³/mol. The first kappa shape index (κ1) is 50.7. The Morgan fingerprint density at radius 3 is 1.31 bits per heavy atom. The Hall–Kier alpha value is -6.70. The summed E-state index contributed by atoms with van der Waals surface area (Å²) in [7, 11) is -21.2. The molecule has 0 radical (unpaired) electrons. The molecule has 6 rings (SSSR count). The molecule has 4 aromatic carbocycles. The van der Waals surface area contributed by atoms with E-state index in [0.29, 0.717) is 12.1 Å². The van der Waals surface area contributed by atoms with Crippen LogP contribution >= 0.6 is 23.2 Å². The first-order valence-corrected chi connectivity index (χ1v) is 24.5. The van der Waals surface area contributed by atoms with Crippen LogP contribution < -0.4 is 27.0 Å². The quantitative estimate of drug-likeness (QED) is 0.0330. The lowest BCUT2D eigenvalue weighted by Gasteiger charge is -2.14. The average molecular weight is 1060 g/mol. The fourth-order valence-electron chi connectivity index (χ4n) is 5.66. The van der Waals surface area contributed by atoms with Gasteiger partial charge in [0.1, 0.15) is 42.3 Å². The molecule has 0 atom stereocenters. The van der Waals surface area contributed by atoms with Gasteiger partial charge < -0.3 is 42.3 Å². The molecular formula is C32H29Cl2N15O15S4. The van der Waals surface area contributed by atoms with Gasteiger partial charge in [0.15, 0.2) is 5.75 Å². The van der Waals surface area contributed by atoms with E-state index < -0.39 is 105 Å². The molecule has 0 aliphatic heterocycles. The molecule has 0 amide bonds. The van der Waals surface area contributed by atoms with Crippen molar-refractivity contribution in [3.8, 4) is 5.75 Å². The first-order chi connectivity index (χ1) is 31.8. The summed E-state index contributed by atoms with van der Waals surface area (Å²) >= 11 is 11.9. The minimum Gasteiger partial charge on any atom is -0.505 e. The summed E-state index contributed by atoms with van der Waals surface area (Å²) in [5.74, 6) is -1.97. The highest BCUT2D eigenvalue weighted by atomic mass is 35.5. The summed E-state index contributed by atoms with van der Waals surface area (Å²) < 4.78 is 141. The lowest BCUT2D eigenvalue weighted by molar-refractivity contribution is 0.310. The lowest BCUT2D eigenvalue weighted by Crippen LogP contribution is -2.10. The molecule has 0 bridgehead atoms. The Balaban J connectivity index is 1.50. The Bertz CT molecular complexity index is 3300. The number of phenols is 1. The molecule has 0 spiro atoms. The molecular weight excluding hydrogens is 1030 g/mol. The van der Waals surface area contributed by atoms with E-state index in [2.05, 4.69) is 71.6 Å². The Morgan fingerprint density at radius 2 is 0.912 bits per heavy atom. The van der Waals surface area contributed by atoms with Gasteiger partial charge in [-0.1, -0.05) is 0 Å². The van der Waals surface area contributed by atoms with Gasteiger partial charge in [-0.15, -0.1) is 20.5 Å². The highest BCUT2D eigenvalue weighted by molar-refractivity contribution is 7.86. The van der Waals surface area contributed by atoms with Crippen LogP contribution in [0.4, 0.5) is 63.6 Å². The van der Waals surface area contributed by atoms with Crippen LogP contribution in [0, 0.1) is 0 Å². The number of nitrogens with two attached hydrogens (primary N) is 1. The monoisotopic (exact) mass is 1060 g/mol. The Labute approximate surface area is 391 Å². The number of rotatable bonds is 18. The maximum Gasteiger partial charge on any atom is 0.296 e. The highest BCUT2D eigenvalue weighted by Gasteiger charge is 2.29. The predicted octanol–water partition coefficient (Wildman–Crippen LogP) is 3.92. The molecule has 36 heteroatoms. The van der Waals surface area contributed by atoms with Crippen molar-refractivity contribution in [3.05, 3.63) is 59.1 Å². The summed E-state index contributed by atoms with van der Waals surface area (Å²) in [5, 5.41) is 53.1. The van der Waals surface area contributed by atoms with E-state index in [9.17, 15) is 57.0 Å². The normalized spacial score (nSPS) is 12.5.